The number of thiophene rings is 1. The van der Waals surface area contributed by atoms with E-state index < -0.39 is 12.0 Å². The van der Waals surface area contributed by atoms with Gasteiger partial charge in [-0.3, -0.25) is 9.69 Å². The van der Waals surface area contributed by atoms with Crippen LogP contribution in [0.25, 0.3) is 0 Å². The van der Waals surface area contributed by atoms with E-state index in [-0.39, 0.29) is 5.91 Å². The molecule has 0 saturated carbocycles. The van der Waals surface area contributed by atoms with E-state index >= 15 is 0 Å². The molecule has 6 nitrogen and oxygen atoms in total. The minimum atomic E-state index is -0.641. The molecule has 7 heteroatoms. The van der Waals surface area contributed by atoms with Crippen LogP contribution in [0.15, 0.2) is 17.5 Å². The number of nitrogens with one attached hydrogen (secondary N) is 1. The van der Waals surface area contributed by atoms with Gasteiger partial charge in [0.1, 0.15) is 6.04 Å². The van der Waals surface area contributed by atoms with Crippen molar-refractivity contribution in [3.05, 3.63) is 22.4 Å². The minimum Gasteiger partial charge on any atom is -0.464 e. The average Bonchev–Trinajstić information content (AvgIpc) is 3.07. The molecule has 0 spiro atoms. The van der Waals surface area contributed by atoms with Gasteiger partial charge in [-0.05, 0) is 24.8 Å². The van der Waals surface area contributed by atoms with Crippen LogP contribution in [0.2, 0.25) is 0 Å². The topological polar surface area (TPSA) is 67.9 Å². The van der Waals surface area contributed by atoms with Gasteiger partial charge >= 0.3 is 5.97 Å². The largest absolute Gasteiger partial charge is 0.464 e. The third-order valence-corrected chi connectivity index (χ3v) is 4.28. The molecule has 0 radical (unpaired) electrons. The maximum atomic E-state index is 11.8. The summed E-state index contributed by atoms with van der Waals surface area (Å²) >= 11 is 1.34. The first-order chi connectivity index (χ1) is 10.7. The SMILES string of the molecule is CC(NC(=O)c1cccs1)C(=O)OCCCN1CCOCC1. The molecule has 0 bridgehead atoms. The number of hydrogen-bond donors (Lipinski definition) is 1. The van der Waals surface area contributed by atoms with Gasteiger partial charge in [0.15, 0.2) is 0 Å². The summed E-state index contributed by atoms with van der Waals surface area (Å²) in [5, 5.41) is 4.47. The van der Waals surface area contributed by atoms with E-state index in [2.05, 4.69) is 10.2 Å². The van der Waals surface area contributed by atoms with Crippen molar-refractivity contribution >= 4 is 23.2 Å². The van der Waals surface area contributed by atoms with Crippen LogP contribution in [-0.4, -0.2) is 62.3 Å². The van der Waals surface area contributed by atoms with Crippen LogP contribution < -0.4 is 5.32 Å². The number of carbonyl (C=O) groups excluding carboxylic acids is 2. The average molecular weight is 326 g/mol. The molecule has 0 aliphatic carbocycles. The summed E-state index contributed by atoms with van der Waals surface area (Å²) in [4.78, 5) is 26.5. The molecule has 1 aromatic heterocycles. The molecule has 0 aromatic carbocycles. The number of carbonyl (C=O) groups is 2. The van der Waals surface area contributed by atoms with Gasteiger partial charge in [-0.1, -0.05) is 6.07 Å². The van der Waals surface area contributed by atoms with Gasteiger partial charge in [0.2, 0.25) is 0 Å². The first-order valence-corrected chi connectivity index (χ1v) is 8.36. The Kier molecular flexibility index (Phi) is 6.82. The second-order valence-electron chi connectivity index (χ2n) is 5.15. The zero-order chi connectivity index (χ0) is 15.8. The van der Waals surface area contributed by atoms with Gasteiger partial charge in [-0.2, -0.15) is 0 Å². The Morgan fingerprint density at radius 2 is 2.23 bits per heavy atom. The summed E-state index contributed by atoms with van der Waals surface area (Å²) in [6, 6.07) is 2.88. The second-order valence-corrected chi connectivity index (χ2v) is 6.10. The fourth-order valence-electron chi connectivity index (χ4n) is 2.15. The summed E-state index contributed by atoms with van der Waals surface area (Å²) in [5.74, 6) is -0.639. The molecule has 1 N–H and O–H groups in total. The van der Waals surface area contributed by atoms with Crippen molar-refractivity contribution in [3.8, 4) is 0 Å². The van der Waals surface area contributed by atoms with Crippen LogP contribution in [0.3, 0.4) is 0 Å². The highest BCUT2D eigenvalue weighted by molar-refractivity contribution is 7.12. The Morgan fingerprint density at radius 3 is 2.91 bits per heavy atom. The van der Waals surface area contributed by atoms with Crippen LogP contribution in [-0.2, 0) is 14.3 Å². The molecule has 1 unspecified atom stereocenters. The molecule has 1 aliphatic rings. The number of hydrogen-bond acceptors (Lipinski definition) is 6. The molecule has 1 amide bonds. The third-order valence-electron chi connectivity index (χ3n) is 3.41. The zero-order valence-electron chi connectivity index (χ0n) is 12.7. The van der Waals surface area contributed by atoms with Gasteiger partial charge in [0.25, 0.3) is 5.91 Å². The minimum absolute atomic E-state index is 0.243. The highest BCUT2D eigenvalue weighted by Crippen LogP contribution is 2.08. The van der Waals surface area contributed by atoms with Crippen molar-refractivity contribution in [2.75, 3.05) is 39.5 Å². The van der Waals surface area contributed by atoms with E-state index in [1.54, 1.807) is 19.1 Å². The van der Waals surface area contributed by atoms with Crippen LogP contribution in [0.5, 0.6) is 0 Å². The van der Waals surface area contributed by atoms with E-state index in [9.17, 15) is 9.59 Å². The predicted octanol–water partition coefficient (Wildman–Crippen LogP) is 1.13. The van der Waals surface area contributed by atoms with Crippen molar-refractivity contribution < 1.29 is 19.1 Å². The van der Waals surface area contributed by atoms with Crippen LogP contribution in [0.1, 0.15) is 23.0 Å². The van der Waals surface area contributed by atoms with E-state index in [0.29, 0.717) is 11.5 Å². The third kappa shape index (κ3) is 5.40. The number of nitrogens with zero attached hydrogens (tertiary/aromatic N) is 1. The molecule has 2 heterocycles. The maximum absolute atomic E-state index is 11.8. The fourth-order valence-corrected chi connectivity index (χ4v) is 2.77. The van der Waals surface area contributed by atoms with E-state index in [1.807, 2.05) is 5.38 Å². The summed E-state index contributed by atoms with van der Waals surface area (Å²) in [5.41, 5.74) is 0. The van der Waals surface area contributed by atoms with Crippen LogP contribution in [0.4, 0.5) is 0 Å². The lowest BCUT2D eigenvalue weighted by molar-refractivity contribution is -0.145. The lowest BCUT2D eigenvalue weighted by Gasteiger charge is -2.26. The van der Waals surface area contributed by atoms with Crippen molar-refractivity contribution in [1.82, 2.24) is 10.2 Å². The zero-order valence-corrected chi connectivity index (χ0v) is 13.6. The molecule has 1 fully saturated rings. The first-order valence-electron chi connectivity index (χ1n) is 7.48. The highest BCUT2D eigenvalue weighted by Gasteiger charge is 2.18. The molecule has 1 aromatic rings. The molecule has 1 saturated heterocycles. The smallest absolute Gasteiger partial charge is 0.328 e. The second kappa shape index (κ2) is 8.87. The maximum Gasteiger partial charge on any atom is 0.328 e. The van der Waals surface area contributed by atoms with Gasteiger partial charge in [0.05, 0.1) is 24.7 Å². The molecule has 2 rings (SSSR count). The Labute approximate surface area is 134 Å². The molecule has 122 valence electrons. The van der Waals surface area contributed by atoms with Crippen molar-refractivity contribution in [2.24, 2.45) is 0 Å². The Hall–Kier alpha value is -1.44. The predicted molar refractivity (Wildman–Crippen MR) is 84.1 cm³/mol. The number of morpholine rings is 1. The summed E-state index contributed by atoms with van der Waals surface area (Å²) in [6.45, 7) is 6.30. The molecule has 1 atom stereocenters. The summed E-state index contributed by atoms with van der Waals surface area (Å²) in [7, 11) is 0. The van der Waals surface area contributed by atoms with E-state index in [1.165, 1.54) is 11.3 Å². The van der Waals surface area contributed by atoms with Crippen LogP contribution in [0, 0.1) is 0 Å². The van der Waals surface area contributed by atoms with Gasteiger partial charge in [-0.25, -0.2) is 4.79 Å². The normalized spacial score (nSPS) is 17.0. The van der Waals surface area contributed by atoms with Gasteiger partial charge < -0.3 is 14.8 Å². The van der Waals surface area contributed by atoms with E-state index in [0.717, 1.165) is 39.3 Å². The quantitative estimate of drug-likeness (QED) is 0.601. The Morgan fingerprint density at radius 1 is 1.45 bits per heavy atom. The standard InChI is InChI=1S/C15H22N2O4S/c1-12(16-14(18)13-4-2-11-22-13)15(19)21-8-3-5-17-6-9-20-10-7-17/h2,4,11-12H,3,5-10H2,1H3,(H,16,18). The monoisotopic (exact) mass is 326 g/mol. The van der Waals surface area contributed by atoms with Gasteiger partial charge in [0, 0.05) is 19.6 Å². The fraction of sp³-hybridized carbons (Fsp3) is 0.600. The number of amides is 1. The number of ether oxygens (including phenoxy) is 2. The highest BCUT2D eigenvalue weighted by atomic mass is 32.1. The summed E-state index contributed by atoms with van der Waals surface area (Å²) < 4.78 is 10.5. The Balaban J connectivity index is 1.60. The lowest BCUT2D eigenvalue weighted by atomic mass is 10.3. The number of esters is 1. The molecule has 22 heavy (non-hydrogen) atoms. The molecule has 1 aliphatic heterocycles. The first kappa shape index (κ1) is 16.9. The van der Waals surface area contributed by atoms with Crippen molar-refractivity contribution in [2.45, 2.75) is 19.4 Å². The molecular formula is C15H22N2O4S. The summed E-state index contributed by atoms with van der Waals surface area (Å²) in [6.07, 6.45) is 0.789. The van der Waals surface area contributed by atoms with Gasteiger partial charge in [-0.15, -0.1) is 11.3 Å². The Bertz CT molecular complexity index is 472. The van der Waals surface area contributed by atoms with Crippen molar-refractivity contribution in [1.29, 1.82) is 0 Å². The van der Waals surface area contributed by atoms with Crippen LogP contribution >= 0.6 is 11.3 Å². The van der Waals surface area contributed by atoms with E-state index in [4.69, 9.17) is 9.47 Å². The van der Waals surface area contributed by atoms with Crippen molar-refractivity contribution in [3.63, 3.8) is 0 Å². The lowest BCUT2D eigenvalue weighted by Crippen LogP contribution is -2.40. The number of rotatable bonds is 7. The molecular weight excluding hydrogens is 304 g/mol.